The molecule has 1 atom stereocenters. The van der Waals surface area contributed by atoms with E-state index < -0.39 is 0 Å². The third kappa shape index (κ3) is 4.36. The van der Waals surface area contributed by atoms with Gasteiger partial charge in [0.15, 0.2) is 0 Å². The highest BCUT2D eigenvalue weighted by molar-refractivity contribution is 5.92. The lowest BCUT2D eigenvalue weighted by Gasteiger charge is -2.17. The number of nitrogens with one attached hydrogen (secondary N) is 2. The molecule has 6 nitrogen and oxygen atoms in total. The number of nitrogens with zero attached hydrogens (tertiary/aromatic N) is 3. The van der Waals surface area contributed by atoms with Gasteiger partial charge in [0.05, 0.1) is 12.4 Å². The van der Waals surface area contributed by atoms with Crippen LogP contribution in [-0.4, -0.2) is 54.5 Å². The highest BCUT2D eigenvalue weighted by Gasteiger charge is 2.12. The van der Waals surface area contributed by atoms with Crippen molar-refractivity contribution >= 4 is 11.7 Å². The minimum absolute atomic E-state index is 0.0672. The summed E-state index contributed by atoms with van der Waals surface area (Å²) in [4.78, 5) is 21.9. The molecule has 1 aromatic heterocycles. The van der Waals surface area contributed by atoms with Crippen molar-refractivity contribution in [1.29, 1.82) is 0 Å². The Kier molecular flexibility index (Phi) is 4.84. The smallest absolute Gasteiger partial charge is 0.271 e. The van der Waals surface area contributed by atoms with Gasteiger partial charge in [0, 0.05) is 19.6 Å². The number of likely N-dealkylation sites (N-methyl/N-ethyl adjacent to an activating group) is 1. The zero-order chi connectivity index (χ0) is 12.8. The molecule has 0 aliphatic carbocycles. The van der Waals surface area contributed by atoms with Crippen LogP contribution in [-0.2, 0) is 0 Å². The molecule has 2 N–H and O–H groups in total. The Morgan fingerprint density at radius 1 is 1.47 bits per heavy atom. The summed E-state index contributed by atoms with van der Waals surface area (Å²) >= 11 is 0. The Balaban J connectivity index is 2.63. The molecule has 1 amide bonds. The first-order valence-electron chi connectivity index (χ1n) is 5.48. The second-order valence-corrected chi connectivity index (χ2v) is 4.18. The molecular weight excluding hydrogens is 218 g/mol. The molecule has 0 aromatic carbocycles. The van der Waals surface area contributed by atoms with E-state index in [0.717, 1.165) is 6.54 Å². The van der Waals surface area contributed by atoms with Crippen molar-refractivity contribution < 1.29 is 4.79 Å². The average Bonchev–Trinajstić information content (AvgIpc) is 2.27. The Morgan fingerprint density at radius 3 is 2.76 bits per heavy atom. The third-order valence-electron chi connectivity index (χ3n) is 2.14. The fourth-order valence-electron chi connectivity index (χ4n) is 1.49. The van der Waals surface area contributed by atoms with Crippen molar-refractivity contribution in [2.24, 2.45) is 0 Å². The van der Waals surface area contributed by atoms with Crippen molar-refractivity contribution in [3.05, 3.63) is 18.1 Å². The summed E-state index contributed by atoms with van der Waals surface area (Å²) in [6.07, 6.45) is 3.03. The molecule has 6 heteroatoms. The van der Waals surface area contributed by atoms with Crippen LogP contribution in [0.25, 0.3) is 0 Å². The standard InChI is InChI=1S/C11H19N5O/c1-8(7-16(3)4)14-11(17)9-5-13-6-10(12-2)15-9/h5-6,8H,7H2,1-4H3,(H,12,15)(H,14,17). The van der Waals surface area contributed by atoms with E-state index >= 15 is 0 Å². The Morgan fingerprint density at radius 2 is 2.18 bits per heavy atom. The highest BCUT2D eigenvalue weighted by atomic mass is 16.1. The van der Waals surface area contributed by atoms with Gasteiger partial charge in [-0.2, -0.15) is 0 Å². The van der Waals surface area contributed by atoms with E-state index in [2.05, 4.69) is 20.6 Å². The summed E-state index contributed by atoms with van der Waals surface area (Å²) in [6.45, 7) is 2.73. The molecule has 0 fully saturated rings. The summed E-state index contributed by atoms with van der Waals surface area (Å²) in [5.74, 6) is 0.377. The topological polar surface area (TPSA) is 70.2 Å². The first kappa shape index (κ1) is 13.4. The maximum atomic E-state index is 11.8. The van der Waals surface area contributed by atoms with Gasteiger partial charge in [-0.1, -0.05) is 0 Å². The van der Waals surface area contributed by atoms with Crippen LogP contribution < -0.4 is 10.6 Å². The summed E-state index contributed by atoms with van der Waals surface area (Å²) in [5, 5.41) is 5.71. The third-order valence-corrected chi connectivity index (χ3v) is 2.14. The molecule has 17 heavy (non-hydrogen) atoms. The summed E-state index contributed by atoms with van der Waals surface area (Å²) in [5.41, 5.74) is 0.322. The zero-order valence-electron chi connectivity index (χ0n) is 10.7. The molecule has 1 heterocycles. The molecule has 0 spiro atoms. The Labute approximate surface area is 101 Å². The maximum Gasteiger partial charge on any atom is 0.271 e. The van der Waals surface area contributed by atoms with Crippen LogP contribution >= 0.6 is 0 Å². The SMILES string of the molecule is CNc1cncc(C(=O)NC(C)CN(C)C)n1. The number of carbonyl (C=O) groups excluding carboxylic acids is 1. The highest BCUT2D eigenvalue weighted by Crippen LogP contribution is 2.01. The minimum Gasteiger partial charge on any atom is -0.372 e. The molecule has 94 valence electrons. The van der Waals surface area contributed by atoms with E-state index in [1.54, 1.807) is 13.2 Å². The van der Waals surface area contributed by atoms with Crippen molar-refractivity contribution in [3.8, 4) is 0 Å². The summed E-state index contributed by atoms with van der Waals surface area (Å²) in [6, 6.07) is 0.0672. The number of anilines is 1. The van der Waals surface area contributed by atoms with Crippen LogP contribution in [0.3, 0.4) is 0 Å². The van der Waals surface area contributed by atoms with E-state index in [4.69, 9.17) is 0 Å². The quantitative estimate of drug-likeness (QED) is 0.765. The van der Waals surface area contributed by atoms with Crippen LogP contribution in [0.1, 0.15) is 17.4 Å². The number of rotatable bonds is 5. The molecule has 0 aliphatic heterocycles. The van der Waals surface area contributed by atoms with E-state index in [9.17, 15) is 4.79 Å². The van der Waals surface area contributed by atoms with Crippen molar-refractivity contribution in [2.45, 2.75) is 13.0 Å². The monoisotopic (exact) mass is 237 g/mol. The number of hydrogen-bond acceptors (Lipinski definition) is 5. The molecular formula is C11H19N5O. The van der Waals surface area contributed by atoms with E-state index in [1.807, 2.05) is 25.9 Å². The van der Waals surface area contributed by atoms with Crippen LogP contribution in [0.15, 0.2) is 12.4 Å². The first-order chi connectivity index (χ1) is 8.02. The number of carbonyl (C=O) groups is 1. The number of amides is 1. The lowest BCUT2D eigenvalue weighted by Crippen LogP contribution is -2.39. The van der Waals surface area contributed by atoms with Crippen LogP contribution in [0.4, 0.5) is 5.82 Å². The van der Waals surface area contributed by atoms with Gasteiger partial charge in [0.25, 0.3) is 5.91 Å². The van der Waals surface area contributed by atoms with Crippen molar-refractivity contribution in [1.82, 2.24) is 20.2 Å². The van der Waals surface area contributed by atoms with Gasteiger partial charge in [-0.25, -0.2) is 4.98 Å². The van der Waals surface area contributed by atoms with Crippen LogP contribution in [0.5, 0.6) is 0 Å². The predicted molar refractivity (Wildman–Crippen MR) is 67.1 cm³/mol. The lowest BCUT2D eigenvalue weighted by atomic mass is 10.3. The van der Waals surface area contributed by atoms with Crippen LogP contribution in [0, 0.1) is 0 Å². The van der Waals surface area contributed by atoms with E-state index in [-0.39, 0.29) is 11.9 Å². The average molecular weight is 237 g/mol. The van der Waals surface area contributed by atoms with Gasteiger partial charge in [-0.15, -0.1) is 0 Å². The van der Waals surface area contributed by atoms with Gasteiger partial charge in [-0.3, -0.25) is 9.78 Å². The fraction of sp³-hybridized carbons (Fsp3) is 0.545. The van der Waals surface area contributed by atoms with E-state index in [0.29, 0.717) is 11.5 Å². The second kappa shape index (κ2) is 6.15. The minimum atomic E-state index is -0.205. The van der Waals surface area contributed by atoms with Gasteiger partial charge < -0.3 is 15.5 Å². The fourth-order valence-corrected chi connectivity index (χ4v) is 1.49. The normalized spacial score (nSPS) is 12.3. The molecule has 0 saturated heterocycles. The molecule has 1 unspecified atom stereocenters. The molecule has 0 radical (unpaired) electrons. The van der Waals surface area contributed by atoms with Gasteiger partial charge >= 0.3 is 0 Å². The summed E-state index contributed by atoms with van der Waals surface area (Å²) in [7, 11) is 5.66. The number of aromatic nitrogens is 2. The van der Waals surface area contributed by atoms with E-state index in [1.165, 1.54) is 6.20 Å². The molecule has 1 rings (SSSR count). The Bertz CT molecular complexity index is 380. The largest absolute Gasteiger partial charge is 0.372 e. The molecule has 0 bridgehead atoms. The van der Waals surface area contributed by atoms with Crippen molar-refractivity contribution in [2.75, 3.05) is 33.0 Å². The molecule has 0 aliphatic rings. The van der Waals surface area contributed by atoms with Crippen LogP contribution in [0.2, 0.25) is 0 Å². The second-order valence-electron chi connectivity index (χ2n) is 4.18. The lowest BCUT2D eigenvalue weighted by molar-refractivity contribution is 0.0929. The van der Waals surface area contributed by atoms with Gasteiger partial charge in [0.1, 0.15) is 11.5 Å². The Hall–Kier alpha value is -1.69. The molecule has 0 saturated carbocycles. The first-order valence-corrected chi connectivity index (χ1v) is 5.48. The maximum absolute atomic E-state index is 11.8. The zero-order valence-corrected chi connectivity index (χ0v) is 10.7. The summed E-state index contributed by atoms with van der Waals surface area (Å²) < 4.78 is 0. The van der Waals surface area contributed by atoms with Gasteiger partial charge in [0.2, 0.25) is 0 Å². The number of hydrogen-bond donors (Lipinski definition) is 2. The molecule has 1 aromatic rings. The van der Waals surface area contributed by atoms with Gasteiger partial charge in [-0.05, 0) is 21.0 Å². The predicted octanol–water partition coefficient (Wildman–Crippen LogP) is 0.198. The van der Waals surface area contributed by atoms with Crippen molar-refractivity contribution in [3.63, 3.8) is 0 Å².